The van der Waals surface area contributed by atoms with Gasteiger partial charge in [-0.1, -0.05) is 18.6 Å². The van der Waals surface area contributed by atoms with Crippen molar-refractivity contribution in [1.82, 2.24) is 0 Å². The summed E-state index contributed by atoms with van der Waals surface area (Å²) in [5, 5.41) is 0. The molecule has 0 aromatic rings. The van der Waals surface area contributed by atoms with Crippen LogP contribution >= 0.6 is 0 Å². The van der Waals surface area contributed by atoms with Crippen LogP contribution in [0.1, 0.15) is 33.1 Å². The molecular formula is C13H16O4. The van der Waals surface area contributed by atoms with E-state index in [0.29, 0.717) is 12.8 Å². The zero-order valence-corrected chi connectivity index (χ0v) is 10.1. The number of allylic oxidation sites excluding steroid dienone is 1. The summed E-state index contributed by atoms with van der Waals surface area (Å²) in [6, 6.07) is 0. The molecule has 1 saturated carbocycles. The normalized spacial score (nSPS) is 48.6. The van der Waals surface area contributed by atoms with Crippen molar-refractivity contribution in [2.75, 3.05) is 0 Å². The van der Waals surface area contributed by atoms with Gasteiger partial charge in [0.1, 0.15) is 10.8 Å². The Balaban J connectivity index is 2.19. The van der Waals surface area contributed by atoms with E-state index in [2.05, 4.69) is 0 Å². The van der Waals surface area contributed by atoms with E-state index in [-0.39, 0.29) is 24.1 Å². The average Bonchev–Trinajstić information content (AvgIpc) is 2.83. The predicted molar refractivity (Wildman–Crippen MR) is 59.0 cm³/mol. The van der Waals surface area contributed by atoms with Crippen LogP contribution in [-0.4, -0.2) is 24.1 Å². The van der Waals surface area contributed by atoms with E-state index in [1.165, 1.54) is 0 Å². The van der Waals surface area contributed by atoms with Gasteiger partial charge in [0.05, 0.1) is 12.2 Å². The molecule has 4 nitrogen and oxygen atoms in total. The molecule has 4 heteroatoms. The van der Waals surface area contributed by atoms with Gasteiger partial charge in [0.2, 0.25) is 0 Å². The Morgan fingerprint density at radius 3 is 2.59 bits per heavy atom. The Labute approximate surface area is 100.0 Å². The molecule has 4 atom stereocenters. The molecule has 2 saturated heterocycles. The number of hydrogen-bond donors (Lipinski definition) is 0. The van der Waals surface area contributed by atoms with Crippen LogP contribution in [0, 0.1) is 10.8 Å². The number of cyclic esters (lactones) is 2. The Hall–Kier alpha value is -1.16. The van der Waals surface area contributed by atoms with Crippen LogP contribution < -0.4 is 0 Å². The Bertz CT molecular complexity index is 427. The fraction of sp³-hybridized carbons (Fsp3) is 0.692. The van der Waals surface area contributed by atoms with Gasteiger partial charge in [-0.2, -0.15) is 0 Å². The van der Waals surface area contributed by atoms with Gasteiger partial charge in [0.15, 0.2) is 0 Å². The van der Waals surface area contributed by atoms with Gasteiger partial charge in [-0.3, -0.25) is 9.59 Å². The van der Waals surface area contributed by atoms with Crippen molar-refractivity contribution in [3.63, 3.8) is 0 Å². The van der Waals surface area contributed by atoms with Gasteiger partial charge in [-0.25, -0.2) is 0 Å². The molecule has 0 N–H and O–H groups in total. The maximum absolute atomic E-state index is 12.1. The fourth-order valence-electron chi connectivity index (χ4n) is 4.01. The molecule has 3 rings (SSSR count). The minimum absolute atomic E-state index is 0.245. The Kier molecular flexibility index (Phi) is 2.06. The lowest BCUT2D eigenvalue weighted by atomic mass is 9.64. The van der Waals surface area contributed by atoms with Gasteiger partial charge >= 0.3 is 11.9 Å². The van der Waals surface area contributed by atoms with Gasteiger partial charge in [-0.15, -0.1) is 0 Å². The van der Waals surface area contributed by atoms with Gasteiger partial charge in [0, 0.05) is 0 Å². The number of hydrogen-bond acceptors (Lipinski definition) is 4. The largest absolute Gasteiger partial charge is 0.392 e. The first-order chi connectivity index (χ1) is 8.09. The molecular weight excluding hydrogens is 220 g/mol. The minimum atomic E-state index is -0.754. The fourth-order valence-corrected chi connectivity index (χ4v) is 4.01. The topological polar surface area (TPSA) is 52.6 Å². The maximum Gasteiger partial charge on any atom is 0.324 e. The summed E-state index contributed by atoms with van der Waals surface area (Å²) < 4.78 is 10.8. The van der Waals surface area contributed by atoms with Crippen LogP contribution in [0.25, 0.3) is 0 Å². The summed E-state index contributed by atoms with van der Waals surface area (Å²) in [7, 11) is 0. The SMILES string of the molecule is C/C=C\C1OC(C)C23CCCC12C(=O)OC3=O. The van der Waals surface area contributed by atoms with Crippen molar-refractivity contribution in [2.24, 2.45) is 10.8 Å². The zero-order valence-electron chi connectivity index (χ0n) is 10.1. The Morgan fingerprint density at radius 1 is 1.24 bits per heavy atom. The first-order valence-corrected chi connectivity index (χ1v) is 6.14. The predicted octanol–water partition coefficient (Wildman–Crippen LogP) is 1.59. The highest BCUT2D eigenvalue weighted by Gasteiger charge is 2.79. The molecule has 0 aromatic carbocycles. The quantitative estimate of drug-likeness (QED) is 0.394. The molecule has 3 aliphatic rings. The highest BCUT2D eigenvalue weighted by atomic mass is 16.6. The minimum Gasteiger partial charge on any atom is -0.392 e. The monoisotopic (exact) mass is 236 g/mol. The molecule has 92 valence electrons. The van der Waals surface area contributed by atoms with E-state index >= 15 is 0 Å². The highest BCUT2D eigenvalue weighted by Crippen LogP contribution is 2.67. The molecule has 4 unspecified atom stereocenters. The summed E-state index contributed by atoms with van der Waals surface area (Å²) in [6.45, 7) is 3.77. The van der Waals surface area contributed by atoms with Crippen LogP contribution in [0.5, 0.6) is 0 Å². The van der Waals surface area contributed by atoms with Crippen molar-refractivity contribution in [1.29, 1.82) is 0 Å². The van der Waals surface area contributed by atoms with E-state index in [1.807, 2.05) is 26.0 Å². The molecule has 0 radical (unpaired) electrons. The first kappa shape index (κ1) is 11.0. The number of carbonyl (C=O) groups excluding carboxylic acids is 2. The molecule has 0 spiro atoms. The van der Waals surface area contributed by atoms with Gasteiger partial charge < -0.3 is 9.47 Å². The molecule has 0 amide bonds. The van der Waals surface area contributed by atoms with Crippen molar-refractivity contribution >= 4 is 11.9 Å². The summed E-state index contributed by atoms with van der Waals surface area (Å²) in [6.07, 6.45) is 5.47. The summed E-state index contributed by atoms with van der Waals surface area (Å²) in [5.41, 5.74) is -1.48. The van der Waals surface area contributed by atoms with Crippen LogP contribution in [0.2, 0.25) is 0 Å². The van der Waals surface area contributed by atoms with E-state index in [1.54, 1.807) is 0 Å². The van der Waals surface area contributed by atoms with Crippen LogP contribution in [0.3, 0.4) is 0 Å². The summed E-state index contributed by atoms with van der Waals surface area (Å²) in [4.78, 5) is 24.2. The van der Waals surface area contributed by atoms with Crippen molar-refractivity contribution < 1.29 is 19.1 Å². The maximum atomic E-state index is 12.1. The third kappa shape index (κ3) is 0.947. The molecule has 3 fully saturated rings. The molecule has 0 bridgehead atoms. The van der Waals surface area contributed by atoms with Crippen molar-refractivity contribution in [3.05, 3.63) is 12.2 Å². The lowest BCUT2D eigenvalue weighted by Gasteiger charge is -2.28. The van der Waals surface area contributed by atoms with Crippen molar-refractivity contribution in [2.45, 2.75) is 45.3 Å². The second-order valence-corrected chi connectivity index (χ2v) is 5.20. The van der Waals surface area contributed by atoms with Crippen molar-refractivity contribution in [3.8, 4) is 0 Å². The lowest BCUT2D eigenvalue weighted by Crippen LogP contribution is -2.44. The molecule has 2 heterocycles. The highest BCUT2D eigenvalue weighted by molar-refractivity contribution is 6.04. The van der Waals surface area contributed by atoms with Crippen LogP contribution in [0.4, 0.5) is 0 Å². The van der Waals surface area contributed by atoms with Crippen LogP contribution in [-0.2, 0) is 19.1 Å². The lowest BCUT2D eigenvalue weighted by molar-refractivity contribution is -0.161. The Morgan fingerprint density at radius 2 is 1.88 bits per heavy atom. The third-order valence-corrected chi connectivity index (χ3v) is 4.75. The van der Waals surface area contributed by atoms with E-state index in [0.717, 1.165) is 6.42 Å². The molecule has 0 aromatic heterocycles. The number of rotatable bonds is 1. The second kappa shape index (κ2) is 3.19. The molecule has 17 heavy (non-hydrogen) atoms. The second-order valence-electron chi connectivity index (χ2n) is 5.20. The first-order valence-electron chi connectivity index (χ1n) is 6.14. The van der Waals surface area contributed by atoms with Gasteiger partial charge in [-0.05, 0) is 26.7 Å². The van der Waals surface area contributed by atoms with E-state index < -0.39 is 10.8 Å². The molecule has 2 aliphatic heterocycles. The number of esters is 2. The summed E-state index contributed by atoms with van der Waals surface area (Å²) in [5.74, 6) is -0.757. The number of ether oxygens (including phenoxy) is 2. The zero-order chi connectivity index (χ0) is 12.3. The summed E-state index contributed by atoms with van der Waals surface area (Å²) >= 11 is 0. The number of carbonyl (C=O) groups is 2. The third-order valence-electron chi connectivity index (χ3n) is 4.75. The van der Waals surface area contributed by atoms with E-state index in [4.69, 9.17) is 9.47 Å². The molecule has 1 aliphatic carbocycles. The smallest absolute Gasteiger partial charge is 0.324 e. The van der Waals surface area contributed by atoms with Gasteiger partial charge in [0.25, 0.3) is 0 Å². The standard InChI is InChI=1S/C13H16O4/c1-3-5-9-13-7-4-6-12(13,8(2)16-9)10(14)17-11(13)15/h3,5,8-9H,4,6-7H2,1-2H3/b5-3-. The van der Waals surface area contributed by atoms with Crippen LogP contribution in [0.15, 0.2) is 12.2 Å². The average molecular weight is 236 g/mol. The van der Waals surface area contributed by atoms with E-state index in [9.17, 15) is 9.59 Å².